The summed E-state index contributed by atoms with van der Waals surface area (Å²) in [5.41, 5.74) is 0. The maximum Gasteiger partial charge on any atom is 0.244 e. The van der Waals surface area contributed by atoms with Gasteiger partial charge in [0.1, 0.15) is 4.90 Å². The highest BCUT2D eigenvalue weighted by molar-refractivity contribution is 7.89. The van der Waals surface area contributed by atoms with Crippen LogP contribution in [0, 0.1) is 5.92 Å². The van der Waals surface area contributed by atoms with Gasteiger partial charge in [0.25, 0.3) is 0 Å². The topological polar surface area (TPSA) is 66.5 Å². The molecule has 1 N–H and O–H groups in total. The highest BCUT2D eigenvalue weighted by atomic mass is 35.5. The second kappa shape index (κ2) is 8.06. The largest absolute Gasteiger partial charge is 0.353 e. The molecule has 2 fully saturated rings. The maximum absolute atomic E-state index is 12.7. The highest BCUT2D eigenvalue weighted by Gasteiger charge is 2.33. The van der Waals surface area contributed by atoms with E-state index in [1.807, 2.05) is 0 Å². The van der Waals surface area contributed by atoms with Crippen LogP contribution in [0.1, 0.15) is 44.9 Å². The Balaban J connectivity index is 1.58. The molecule has 138 valence electrons. The zero-order valence-electron chi connectivity index (χ0n) is 14.3. The van der Waals surface area contributed by atoms with Crippen molar-refractivity contribution in [1.82, 2.24) is 9.62 Å². The number of halogens is 1. The van der Waals surface area contributed by atoms with Crippen LogP contribution in [0.5, 0.6) is 0 Å². The lowest BCUT2D eigenvalue weighted by Gasteiger charge is -2.32. The van der Waals surface area contributed by atoms with E-state index in [0.29, 0.717) is 32.0 Å². The molecule has 1 amide bonds. The zero-order valence-corrected chi connectivity index (χ0v) is 15.9. The minimum atomic E-state index is -3.60. The van der Waals surface area contributed by atoms with Crippen molar-refractivity contribution in [3.63, 3.8) is 0 Å². The summed E-state index contributed by atoms with van der Waals surface area (Å²) >= 11 is 6.05. The van der Waals surface area contributed by atoms with Crippen molar-refractivity contribution in [1.29, 1.82) is 0 Å². The van der Waals surface area contributed by atoms with Crippen molar-refractivity contribution in [2.45, 2.75) is 55.9 Å². The van der Waals surface area contributed by atoms with Gasteiger partial charge in [-0.15, -0.1) is 0 Å². The van der Waals surface area contributed by atoms with E-state index in [0.717, 1.165) is 12.8 Å². The van der Waals surface area contributed by atoms with Crippen molar-refractivity contribution in [3.05, 3.63) is 29.3 Å². The van der Waals surface area contributed by atoms with Crippen LogP contribution in [0.4, 0.5) is 0 Å². The van der Waals surface area contributed by atoms with E-state index in [4.69, 9.17) is 11.6 Å². The number of benzene rings is 1. The lowest BCUT2D eigenvalue weighted by molar-refractivity contribution is -0.127. The van der Waals surface area contributed by atoms with E-state index in [2.05, 4.69) is 5.32 Å². The van der Waals surface area contributed by atoms with Crippen LogP contribution in [0.3, 0.4) is 0 Å². The van der Waals surface area contributed by atoms with Gasteiger partial charge in [0.2, 0.25) is 15.9 Å². The quantitative estimate of drug-likeness (QED) is 0.866. The number of piperidine rings is 1. The lowest BCUT2D eigenvalue weighted by atomic mass is 9.93. The van der Waals surface area contributed by atoms with Crippen LogP contribution in [0.2, 0.25) is 5.02 Å². The lowest BCUT2D eigenvalue weighted by Crippen LogP contribution is -2.45. The third-order valence-corrected chi connectivity index (χ3v) is 7.63. The van der Waals surface area contributed by atoms with Crippen LogP contribution in [-0.4, -0.2) is 37.8 Å². The summed E-state index contributed by atoms with van der Waals surface area (Å²) in [6, 6.07) is 6.79. The maximum atomic E-state index is 12.7. The summed E-state index contributed by atoms with van der Waals surface area (Å²) in [5, 5.41) is 3.39. The Morgan fingerprint density at radius 2 is 1.68 bits per heavy atom. The summed E-state index contributed by atoms with van der Waals surface area (Å²) in [5.74, 6) is -0.0127. The first-order valence-electron chi connectivity index (χ1n) is 9.03. The molecule has 0 radical (unpaired) electrons. The molecule has 1 aliphatic carbocycles. The normalized spacial score (nSPS) is 21.2. The van der Waals surface area contributed by atoms with E-state index in [9.17, 15) is 13.2 Å². The third-order valence-electron chi connectivity index (χ3n) is 5.23. The molecular weight excluding hydrogens is 360 g/mol. The summed E-state index contributed by atoms with van der Waals surface area (Å²) < 4.78 is 26.9. The van der Waals surface area contributed by atoms with Gasteiger partial charge in [-0.25, -0.2) is 8.42 Å². The first-order chi connectivity index (χ1) is 12.0. The van der Waals surface area contributed by atoms with Gasteiger partial charge in [0.05, 0.1) is 5.02 Å². The molecule has 1 aliphatic heterocycles. The molecule has 0 spiro atoms. The van der Waals surface area contributed by atoms with E-state index in [1.165, 1.54) is 29.6 Å². The number of carbonyl (C=O) groups excluding carboxylic acids is 1. The number of hydrogen-bond donors (Lipinski definition) is 1. The van der Waals surface area contributed by atoms with Gasteiger partial charge >= 0.3 is 0 Å². The number of rotatable bonds is 4. The summed E-state index contributed by atoms with van der Waals surface area (Å²) in [6.45, 7) is 0.715. The molecule has 5 nitrogen and oxygen atoms in total. The summed E-state index contributed by atoms with van der Waals surface area (Å²) in [7, 11) is -3.60. The average molecular weight is 385 g/mol. The molecule has 0 unspecified atom stereocenters. The Kier molecular flexibility index (Phi) is 6.02. The minimum Gasteiger partial charge on any atom is -0.353 e. The van der Waals surface area contributed by atoms with Crippen molar-refractivity contribution >= 4 is 27.5 Å². The van der Waals surface area contributed by atoms with Crippen molar-refractivity contribution < 1.29 is 13.2 Å². The number of amides is 1. The van der Waals surface area contributed by atoms with Gasteiger partial charge in [-0.2, -0.15) is 4.31 Å². The van der Waals surface area contributed by atoms with E-state index in [1.54, 1.807) is 18.2 Å². The molecule has 3 rings (SSSR count). The van der Waals surface area contributed by atoms with Gasteiger partial charge in [-0.05, 0) is 37.8 Å². The Morgan fingerprint density at radius 3 is 2.32 bits per heavy atom. The smallest absolute Gasteiger partial charge is 0.244 e. The average Bonchev–Trinajstić information content (AvgIpc) is 2.63. The molecule has 0 atom stereocenters. The fourth-order valence-corrected chi connectivity index (χ4v) is 5.68. The molecule has 1 saturated heterocycles. The van der Waals surface area contributed by atoms with Gasteiger partial charge < -0.3 is 5.32 Å². The highest BCUT2D eigenvalue weighted by Crippen LogP contribution is 2.28. The fourth-order valence-electron chi connectivity index (χ4n) is 3.72. The summed E-state index contributed by atoms with van der Waals surface area (Å²) in [6.07, 6.45) is 6.85. The van der Waals surface area contributed by atoms with Gasteiger partial charge in [-0.3, -0.25) is 4.79 Å². The second-order valence-corrected chi connectivity index (χ2v) is 9.27. The van der Waals surface area contributed by atoms with Crippen molar-refractivity contribution in [3.8, 4) is 0 Å². The molecule has 7 heteroatoms. The molecule has 25 heavy (non-hydrogen) atoms. The van der Waals surface area contributed by atoms with Crippen LogP contribution in [0.15, 0.2) is 29.2 Å². The first kappa shape index (κ1) is 18.7. The Bertz CT molecular complexity index is 709. The fraction of sp³-hybridized carbons (Fsp3) is 0.611. The molecule has 1 saturated carbocycles. The Labute approximate surface area is 154 Å². The van der Waals surface area contributed by atoms with Crippen LogP contribution in [-0.2, 0) is 14.8 Å². The minimum absolute atomic E-state index is 0.0849. The Morgan fingerprint density at radius 1 is 1.04 bits per heavy atom. The van der Waals surface area contributed by atoms with Crippen molar-refractivity contribution in [2.75, 3.05) is 13.1 Å². The van der Waals surface area contributed by atoms with Crippen LogP contribution < -0.4 is 5.32 Å². The number of nitrogens with zero attached hydrogens (tertiary/aromatic N) is 1. The molecule has 1 aromatic rings. The molecule has 0 bridgehead atoms. The van der Waals surface area contributed by atoms with E-state index >= 15 is 0 Å². The van der Waals surface area contributed by atoms with Gasteiger partial charge in [0.15, 0.2) is 0 Å². The van der Waals surface area contributed by atoms with Crippen LogP contribution in [0.25, 0.3) is 0 Å². The van der Waals surface area contributed by atoms with Gasteiger partial charge in [0, 0.05) is 25.0 Å². The van der Waals surface area contributed by atoms with Crippen molar-refractivity contribution in [2.24, 2.45) is 5.92 Å². The summed E-state index contributed by atoms with van der Waals surface area (Å²) in [4.78, 5) is 12.6. The molecular formula is C18H25ClN2O3S. The molecule has 1 aromatic carbocycles. The number of sulfonamides is 1. The molecule has 0 aromatic heterocycles. The SMILES string of the molecule is O=C(NC1CCCCC1)C1CCN(S(=O)(=O)c2ccccc2Cl)CC1. The second-order valence-electron chi connectivity index (χ2n) is 6.95. The molecule has 1 heterocycles. The number of hydrogen-bond acceptors (Lipinski definition) is 3. The molecule has 2 aliphatic rings. The predicted octanol–water partition coefficient (Wildman–Crippen LogP) is 3.19. The number of nitrogens with one attached hydrogen (secondary N) is 1. The monoisotopic (exact) mass is 384 g/mol. The number of carbonyl (C=O) groups is 1. The van der Waals surface area contributed by atoms with Crippen LogP contribution >= 0.6 is 11.6 Å². The Hall–Kier alpha value is -1.11. The van der Waals surface area contributed by atoms with E-state index in [-0.39, 0.29) is 21.7 Å². The predicted molar refractivity (Wildman–Crippen MR) is 98.0 cm³/mol. The van der Waals surface area contributed by atoms with Gasteiger partial charge in [-0.1, -0.05) is 43.0 Å². The first-order valence-corrected chi connectivity index (χ1v) is 10.9. The van der Waals surface area contributed by atoms with E-state index < -0.39 is 10.0 Å². The standard InChI is InChI=1S/C18H25ClN2O3S/c19-16-8-4-5-9-17(16)25(23,24)21-12-10-14(11-13-21)18(22)20-15-6-2-1-3-7-15/h4-5,8-9,14-15H,1-3,6-7,10-13H2,(H,20,22). The third kappa shape index (κ3) is 4.36. The zero-order chi connectivity index (χ0) is 17.9.